The van der Waals surface area contributed by atoms with E-state index in [1.165, 1.54) is 4.88 Å². The van der Waals surface area contributed by atoms with Crippen molar-refractivity contribution in [2.75, 3.05) is 6.54 Å². The van der Waals surface area contributed by atoms with Crippen molar-refractivity contribution in [2.45, 2.75) is 25.5 Å². The van der Waals surface area contributed by atoms with E-state index >= 15 is 0 Å². The molecule has 1 aromatic carbocycles. The first kappa shape index (κ1) is 14.1. The van der Waals surface area contributed by atoms with Gasteiger partial charge in [-0.25, -0.2) is 10.3 Å². The van der Waals surface area contributed by atoms with Crippen molar-refractivity contribution >= 4 is 17.4 Å². The second-order valence-electron chi connectivity index (χ2n) is 5.05. The van der Waals surface area contributed by atoms with Crippen LogP contribution in [0.1, 0.15) is 29.3 Å². The summed E-state index contributed by atoms with van der Waals surface area (Å²) in [5, 5.41) is 2.05. The van der Waals surface area contributed by atoms with Crippen LogP contribution in [0.5, 0.6) is 0 Å². The number of carbonyl (C=O) groups excluding carboxylic acids is 1. The molecule has 1 unspecified atom stereocenters. The molecule has 4 nitrogen and oxygen atoms in total. The van der Waals surface area contributed by atoms with Crippen LogP contribution in [0.3, 0.4) is 0 Å². The maximum absolute atomic E-state index is 12.2. The Labute approximate surface area is 128 Å². The monoisotopic (exact) mass is 302 g/mol. The standard InChI is InChI=1S/C16H18N2O2S/c19-16(17-20-12-13-6-2-1-3-7-13)18-10-4-8-14(18)15-9-5-11-21-15/h1-3,5-7,9,11,14H,4,8,10,12H2,(H,17,19). The molecule has 0 bridgehead atoms. The third-order valence-corrected chi connectivity index (χ3v) is 4.60. The lowest BCUT2D eigenvalue weighted by Crippen LogP contribution is -2.39. The molecule has 0 radical (unpaired) electrons. The van der Waals surface area contributed by atoms with Gasteiger partial charge in [0.1, 0.15) is 0 Å². The Morgan fingerprint density at radius 2 is 2.14 bits per heavy atom. The van der Waals surface area contributed by atoms with E-state index in [2.05, 4.69) is 16.9 Å². The number of nitrogens with zero attached hydrogens (tertiary/aromatic N) is 1. The summed E-state index contributed by atoms with van der Waals surface area (Å²) in [4.78, 5) is 20.7. The maximum Gasteiger partial charge on any atom is 0.341 e. The van der Waals surface area contributed by atoms with E-state index < -0.39 is 0 Å². The zero-order valence-corrected chi connectivity index (χ0v) is 12.5. The molecule has 1 aliphatic rings. The predicted octanol–water partition coefficient (Wildman–Crippen LogP) is 3.73. The molecule has 3 rings (SSSR count). The van der Waals surface area contributed by atoms with E-state index in [0.717, 1.165) is 24.9 Å². The van der Waals surface area contributed by atoms with Crippen molar-refractivity contribution in [3.8, 4) is 0 Å². The van der Waals surface area contributed by atoms with Crippen LogP contribution in [-0.2, 0) is 11.4 Å². The summed E-state index contributed by atoms with van der Waals surface area (Å²) < 4.78 is 0. The Hall–Kier alpha value is -1.85. The van der Waals surface area contributed by atoms with Gasteiger partial charge in [0.05, 0.1) is 12.6 Å². The Bertz CT molecular complexity index is 571. The van der Waals surface area contributed by atoms with Gasteiger partial charge in [0, 0.05) is 11.4 Å². The first-order valence-corrected chi connectivity index (χ1v) is 7.98. The summed E-state index contributed by atoms with van der Waals surface area (Å²) in [6, 6.07) is 13.9. The quantitative estimate of drug-likeness (QED) is 0.874. The van der Waals surface area contributed by atoms with Crippen molar-refractivity contribution in [1.29, 1.82) is 0 Å². The van der Waals surface area contributed by atoms with Gasteiger partial charge in [0.25, 0.3) is 0 Å². The molecule has 21 heavy (non-hydrogen) atoms. The van der Waals surface area contributed by atoms with Crippen molar-refractivity contribution in [3.63, 3.8) is 0 Å². The molecule has 1 aliphatic heterocycles. The highest BCUT2D eigenvalue weighted by atomic mass is 32.1. The number of hydrogen-bond donors (Lipinski definition) is 1. The van der Waals surface area contributed by atoms with Gasteiger partial charge in [0.15, 0.2) is 0 Å². The van der Waals surface area contributed by atoms with Gasteiger partial charge in [0.2, 0.25) is 0 Å². The fourth-order valence-electron chi connectivity index (χ4n) is 2.60. The van der Waals surface area contributed by atoms with Crippen LogP contribution in [0.4, 0.5) is 4.79 Å². The highest BCUT2D eigenvalue weighted by Gasteiger charge is 2.30. The van der Waals surface area contributed by atoms with Crippen LogP contribution in [0.25, 0.3) is 0 Å². The fourth-order valence-corrected chi connectivity index (χ4v) is 3.47. The Morgan fingerprint density at radius 3 is 2.90 bits per heavy atom. The molecular formula is C16H18N2O2S. The number of rotatable bonds is 4. The average molecular weight is 302 g/mol. The zero-order valence-electron chi connectivity index (χ0n) is 11.7. The van der Waals surface area contributed by atoms with Gasteiger partial charge in [-0.1, -0.05) is 36.4 Å². The largest absolute Gasteiger partial charge is 0.341 e. The van der Waals surface area contributed by atoms with Crippen LogP contribution in [0, 0.1) is 0 Å². The number of thiophene rings is 1. The normalized spacial score (nSPS) is 17.9. The lowest BCUT2D eigenvalue weighted by Gasteiger charge is -2.23. The Morgan fingerprint density at radius 1 is 1.29 bits per heavy atom. The number of hydroxylamine groups is 1. The minimum Gasteiger partial charge on any atom is -0.315 e. The maximum atomic E-state index is 12.2. The van der Waals surface area contributed by atoms with Gasteiger partial charge >= 0.3 is 6.03 Å². The Balaban J connectivity index is 1.53. The molecule has 0 spiro atoms. The second-order valence-corrected chi connectivity index (χ2v) is 6.03. The van der Waals surface area contributed by atoms with Crippen LogP contribution in [0.2, 0.25) is 0 Å². The van der Waals surface area contributed by atoms with Gasteiger partial charge < -0.3 is 4.90 Å². The highest BCUT2D eigenvalue weighted by Crippen LogP contribution is 2.34. The summed E-state index contributed by atoms with van der Waals surface area (Å²) in [6.07, 6.45) is 2.06. The first-order chi connectivity index (χ1) is 10.3. The minimum absolute atomic E-state index is 0.151. The highest BCUT2D eigenvalue weighted by molar-refractivity contribution is 7.10. The molecule has 1 atom stereocenters. The second kappa shape index (κ2) is 6.74. The number of nitrogens with one attached hydrogen (secondary N) is 1. The fraction of sp³-hybridized carbons (Fsp3) is 0.312. The molecule has 2 aromatic rings. The molecule has 0 aliphatic carbocycles. The Kier molecular flexibility index (Phi) is 4.52. The molecule has 2 amide bonds. The lowest BCUT2D eigenvalue weighted by molar-refractivity contribution is 0.0352. The van der Waals surface area contributed by atoms with E-state index in [1.807, 2.05) is 41.3 Å². The third-order valence-electron chi connectivity index (χ3n) is 3.63. The first-order valence-electron chi connectivity index (χ1n) is 7.10. The topological polar surface area (TPSA) is 41.6 Å². The van der Waals surface area contributed by atoms with Crippen LogP contribution >= 0.6 is 11.3 Å². The van der Waals surface area contributed by atoms with Crippen molar-refractivity contribution < 1.29 is 9.63 Å². The molecule has 0 saturated carbocycles. The summed E-state index contributed by atoms with van der Waals surface area (Å²) in [5.74, 6) is 0. The number of hydrogen-bond acceptors (Lipinski definition) is 3. The van der Waals surface area contributed by atoms with Crippen molar-refractivity contribution in [3.05, 3.63) is 58.3 Å². The molecular weight excluding hydrogens is 284 g/mol. The van der Waals surface area contributed by atoms with Gasteiger partial charge in [-0.15, -0.1) is 11.3 Å². The number of amides is 2. The number of likely N-dealkylation sites (tertiary alicyclic amines) is 1. The number of carbonyl (C=O) groups is 1. The van der Waals surface area contributed by atoms with Crippen LogP contribution in [0.15, 0.2) is 47.8 Å². The van der Waals surface area contributed by atoms with E-state index in [-0.39, 0.29) is 12.1 Å². The van der Waals surface area contributed by atoms with E-state index in [9.17, 15) is 4.79 Å². The number of urea groups is 1. The molecule has 1 saturated heterocycles. The van der Waals surface area contributed by atoms with Crippen molar-refractivity contribution in [2.24, 2.45) is 0 Å². The average Bonchev–Trinajstić information content (AvgIpc) is 3.19. The minimum atomic E-state index is -0.151. The van der Waals surface area contributed by atoms with Gasteiger partial charge in [-0.2, -0.15) is 0 Å². The molecule has 1 aromatic heterocycles. The van der Waals surface area contributed by atoms with E-state index in [4.69, 9.17) is 4.84 Å². The predicted molar refractivity (Wildman–Crippen MR) is 82.8 cm³/mol. The SMILES string of the molecule is O=C(NOCc1ccccc1)N1CCCC1c1cccs1. The summed E-state index contributed by atoms with van der Waals surface area (Å²) in [5.41, 5.74) is 3.59. The molecule has 1 fully saturated rings. The molecule has 110 valence electrons. The lowest BCUT2D eigenvalue weighted by atomic mass is 10.2. The van der Waals surface area contributed by atoms with Crippen LogP contribution in [-0.4, -0.2) is 17.5 Å². The number of benzene rings is 1. The zero-order chi connectivity index (χ0) is 14.5. The summed E-state index contributed by atoms with van der Waals surface area (Å²) >= 11 is 1.70. The van der Waals surface area contributed by atoms with Crippen LogP contribution < -0.4 is 5.48 Å². The molecule has 1 N–H and O–H groups in total. The van der Waals surface area contributed by atoms with E-state index in [1.54, 1.807) is 11.3 Å². The summed E-state index contributed by atoms with van der Waals surface area (Å²) in [7, 11) is 0. The van der Waals surface area contributed by atoms with Gasteiger partial charge in [-0.3, -0.25) is 4.84 Å². The summed E-state index contributed by atoms with van der Waals surface area (Å²) in [6.45, 7) is 1.16. The van der Waals surface area contributed by atoms with E-state index in [0.29, 0.717) is 6.61 Å². The smallest absolute Gasteiger partial charge is 0.315 e. The van der Waals surface area contributed by atoms with Gasteiger partial charge in [-0.05, 0) is 29.9 Å². The molecule has 5 heteroatoms. The molecule has 2 heterocycles. The van der Waals surface area contributed by atoms with Crippen molar-refractivity contribution in [1.82, 2.24) is 10.4 Å². The third kappa shape index (κ3) is 3.43.